The van der Waals surface area contributed by atoms with Crippen molar-refractivity contribution in [3.8, 4) is 5.75 Å². The SMILES string of the molecule is COc1ccccc1C(C)NC1CC(O)C1(C)C. The number of aliphatic hydroxyl groups excluding tert-OH is 1. The maximum Gasteiger partial charge on any atom is 0.123 e. The fourth-order valence-electron chi connectivity index (χ4n) is 2.60. The Bertz CT molecular complexity index is 417. The third-order valence-electron chi connectivity index (χ3n) is 4.27. The van der Waals surface area contributed by atoms with Crippen molar-refractivity contribution in [2.45, 2.75) is 45.4 Å². The number of nitrogens with one attached hydrogen (secondary N) is 1. The Morgan fingerprint density at radius 1 is 1.39 bits per heavy atom. The monoisotopic (exact) mass is 249 g/mol. The molecule has 1 aromatic rings. The first kappa shape index (κ1) is 13.4. The Kier molecular flexibility index (Phi) is 3.64. The van der Waals surface area contributed by atoms with Crippen LogP contribution in [0.2, 0.25) is 0 Å². The first-order valence-corrected chi connectivity index (χ1v) is 6.54. The normalized spacial score (nSPS) is 27.4. The highest BCUT2D eigenvalue weighted by atomic mass is 16.5. The van der Waals surface area contributed by atoms with Crippen LogP contribution in [-0.2, 0) is 0 Å². The molecule has 0 bridgehead atoms. The Balaban J connectivity index is 2.07. The van der Waals surface area contributed by atoms with Crippen LogP contribution >= 0.6 is 0 Å². The third-order valence-corrected chi connectivity index (χ3v) is 4.27. The van der Waals surface area contributed by atoms with E-state index in [2.05, 4.69) is 32.2 Å². The number of ether oxygens (including phenoxy) is 1. The van der Waals surface area contributed by atoms with Crippen molar-refractivity contribution < 1.29 is 9.84 Å². The minimum absolute atomic E-state index is 0.0454. The van der Waals surface area contributed by atoms with Gasteiger partial charge in [0.15, 0.2) is 0 Å². The molecular weight excluding hydrogens is 226 g/mol. The van der Waals surface area contributed by atoms with Gasteiger partial charge in [0.05, 0.1) is 13.2 Å². The molecule has 2 rings (SSSR count). The zero-order chi connectivity index (χ0) is 13.3. The molecule has 0 heterocycles. The fraction of sp³-hybridized carbons (Fsp3) is 0.600. The molecule has 3 unspecified atom stereocenters. The summed E-state index contributed by atoms with van der Waals surface area (Å²) in [6.07, 6.45) is 0.631. The summed E-state index contributed by atoms with van der Waals surface area (Å²) in [6, 6.07) is 8.64. The molecule has 0 spiro atoms. The van der Waals surface area contributed by atoms with E-state index in [9.17, 15) is 5.11 Å². The average molecular weight is 249 g/mol. The van der Waals surface area contributed by atoms with Gasteiger partial charge in [-0.1, -0.05) is 32.0 Å². The van der Waals surface area contributed by atoms with Gasteiger partial charge in [-0.25, -0.2) is 0 Å². The van der Waals surface area contributed by atoms with Crippen molar-refractivity contribution in [1.29, 1.82) is 0 Å². The molecule has 3 heteroatoms. The molecule has 2 N–H and O–H groups in total. The van der Waals surface area contributed by atoms with E-state index in [1.807, 2.05) is 18.2 Å². The van der Waals surface area contributed by atoms with Crippen LogP contribution in [-0.4, -0.2) is 24.4 Å². The van der Waals surface area contributed by atoms with Gasteiger partial charge in [0, 0.05) is 23.1 Å². The van der Waals surface area contributed by atoms with E-state index in [1.165, 1.54) is 0 Å². The first-order chi connectivity index (χ1) is 8.46. The first-order valence-electron chi connectivity index (χ1n) is 6.54. The third kappa shape index (κ3) is 2.25. The Morgan fingerprint density at radius 3 is 2.61 bits per heavy atom. The van der Waals surface area contributed by atoms with Gasteiger partial charge in [-0.05, 0) is 19.4 Å². The number of methoxy groups -OCH3 is 1. The van der Waals surface area contributed by atoms with Crippen molar-refractivity contribution >= 4 is 0 Å². The van der Waals surface area contributed by atoms with E-state index in [4.69, 9.17) is 4.74 Å². The van der Waals surface area contributed by atoms with Crippen LogP contribution in [0.15, 0.2) is 24.3 Å². The number of aliphatic hydroxyl groups is 1. The summed E-state index contributed by atoms with van der Waals surface area (Å²) >= 11 is 0. The zero-order valence-electron chi connectivity index (χ0n) is 11.6. The Morgan fingerprint density at radius 2 is 2.06 bits per heavy atom. The van der Waals surface area contributed by atoms with Crippen LogP contribution < -0.4 is 10.1 Å². The molecule has 100 valence electrons. The second kappa shape index (κ2) is 4.90. The molecule has 1 fully saturated rings. The summed E-state index contributed by atoms with van der Waals surface area (Å²) in [7, 11) is 1.70. The highest BCUT2D eigenvalue weighted by Crippen LogP contribution is 2.41. The van der Waals surface area contributed by atoms with Crippen molar-refractivity contribution in [1.82, 2.24) is 5.32 Å². The molecule has 18 heavy (non-hydrogen) atoms. The summed E-state index contributed by atoms with van der Waals surface area (Å²) < 4.78 is 5.38. The van der Waals surface area contributed by atoms with Crippen LogP contribution in [0.4, 0.5) is 0 Å². The molecule has 0 aromatic heterocycles. The molecule has 0 aliphatic heterocycles. The summed E-state index contributed by atoms with van der Waals surface area (Å²) in [5, 5.41) is 13.4. The second-order valence-electron chi connectivity index (χ2n) is 5.76. The molecular formula is C15H23NO2. The van der Waals surface area contributed by atoms with Gasteiger partial charge >= 0.3 is 0 Å². The van der Waals surface area contributed by atoms with E-state index in [0.717, 1.165) is 17.7 Å². The number of para-hydroxylation sites is 1. The van der Waals surface area contributed by atoms with Gasteiger partial charge in [0.1, 0.15) is 5.75 Å². The molecule has 1 aromatic carbocycles. The molecule has 0 amide bonds. The maximum atomic E-state index is 9.77. The van der Waals surface area contributed by atoms with E-state index in [-0.39, 0.29) is 17.6 Å². The second-order valence-corrected chi connectivity index (χ2v) is 5.76. The van der Waals surface area contributed by atoms with Gasteiger partial charge in [-0.2, -0.15) is 0 Å². The average Bonchev–Trinajstić information content (AvgIpc) is 2.38. The number of hydrogen-bond donors (Lipinski definition) is 2. The smallest absolute Gasteiger partial charge is 0.123 e. The fourth-order valence-corrected chi connectivity index (χ4v) is 2.60. The molecule has 3 nitrogen and oxygen atoms in total. The largest absolute Gasteiger partial charge is 0.496 e. The van der Waals surface area contributed by atoms with E-state index < -0.39 is 0 Å². The van der Waals surface area contributed by atoms with Gasteiger partial charge in [-0.15, -0.1) is 0 Å². The van der Waals surface area contributed by atoms with Gasteiger partial charge in [-0.3, -0.25) is 0 Å². The van der Waals surface area contributed by atoms with Crippen LogP contribution in [0, 0.1) is 5.41 Å². The minimum Gasteiger partial charge on any atom is -0.496 e. The standard InChI is InChI=1S/C15H23NO2/c1-10(11-7-5-6-8-12(11)18-4)16-13-9-14(17)15(13,2)3/h5-8,10,13-14,16-17H,9H2,1-4H3. The Hall–Kier alpha value is -1.06. The lowest BCUT2D eigenvalue weighted by Gasteiger charge is -2.50. The lowest BCUT2D eigenvalue weighted by atomic mass is 9.64. The summed E-state index contributed by atoms with van der Waals surface area (Å²) in [5.74, 6) is 0.912. The topological polar surface area (TPSA) is 41.5 Å². The van der Waals surface area contributed by atoms with Crippen molar-refractivity contribution in [3.05, 3.63) is 29.8 Å². The number of rotatable bonds is 4. The molecule has 3 atom stereocenters. The van der Waals surface area contributed by atoms with Gasteiger partial charge in [0.25, 0.3) is 0 Å². The van der Waals surface area contributed by atoms with Crippen LogP contribution in [0.25, 0.3) is 0 Å². The lowest BCUT2D eigenvalue weighted by molar-refractivity contribution is -0.0755. The highest BCUT2D eigenvalue weighted by Gasteiger charge is 2.47. The summed E-state index contributed by atoms with van der Waals surface area (Å²) in [4.78, 5) is 0. The van der Waals surface area contributed by atoms with Gasteiger partial charge in [0.2, 0.25) is 0 Å². The predicted molar refractivity (Wildman–Crippen MR) is 72.7 cm³/mol. The summed E-state index contributed by atoms with van der Waals surface area (Å²) in [6.45, 7) is 6.35. The van der Waals surface area contributed by atoms with E-state index in [1.54, 1.807) is 7.11 Å². The number of benzene rings is 1. The van der Waals surface area contributed by atoms with E-state index >= 15 is 0 Å². The molecule has 1 aliphatic carbocycles. The summed E-state index contributed by atoms with van der Waals surface area (Å²) in [5.41, 5.74) is 1.12. The lowest BCUT2D eigenvalue weighted by Crippen LogP contribution is -2.60. The maximum absolute atomic E-state index is 9.77. The molecule has 0 radical (unpaired) electrons. The Labute approximate surface area is 109 Å². The highest BCUT2D eigenvalue weighted by molar-refractivity contribution is 5.35. The van der Waals surface area contributed by atoms with Crippen molar-refractivity contribution in [3.63, 3.8) is 0 Å². The zero-order valence-corrected chi connectivity index (χ0v) is 11.6. The van der Waals surface area contributed by atoms with Crippen LogP contribution in [0.5, 0.6) is 5.75 Å². The number of hydrogen-bond acceptors (Lipinski definition) is 3. The van der Waals surface area contributed by atoms with Crippen molar-refractivity contribution in [2.24, 2.45) is 5.41 Å². The van der Waals surface area contributed by atoms with Crippen LogP contribution in [0.1, 0.15) is 38.8 Å². The van der Waals surface area contributed by atoms with Gasteiger partial charge < -0.3 is 15.2 Å². The molecule has 1 aliphatic rings. The molecule has 0 saturated heterocycles. The van der Waals surface area contributed by atoms with Crippen molar-refractivity contribution in [2.75, 3.05) is 7.11 Å². The quantitative estimate of drug-likeness (QED) is 0.861. The van der Waals surface area contributed by atoms with Crippen LogP contribution in [0.3, 0.4) is 0 Å². The van der Waals surface area contributed by atoms with E-state index in [0.29, 0.717) is 6.04 Å². The molecule has 1 saturated carbocycles. The minimum atomic E-state index is -0.195. The predicted octanol–water partition coefficient (Wildman–Crippen LogP) is 2.51.